The molecule has 1 aromatic heterocycles. The van der Waals surface area contributed by atoms with E-state index in [0.717, 1.165) is 12.0 Å². The summed E-state index contributed by atoms with van der Waals surface area (Å²) in [6.07, 6.45) is 4.59. The number of carbonyl (C=O) groups is 1. The van der Waals surface area contributed by atoms with Gasteiger partial charge in [0.15, 0.2) is 0 Å². The molecule has 1 aliphatic rings. The van der Waals surface area contributed by atoms with Gasteiger partial charge in [-0.05, 0) is 31.0 Å². The van der Waals surface area contributed by atoms with Gasteiger partial charge in [-0.2, -0.15) is 0 Å². The molecule has 0 bridgehead atoms. The van der Waals surface area contributed by atoms with Crippen molar-refractivity contribution in [3.8, 4) is 0 Å². The number of hydrogen-bond acceptors (Lipinski definition) is 4. The number of amides is 1. The minimum absolute atomic E-state index is 0.00272. The maximum Gasteiger partial charge on any atom is 0.224 e. The number of nitrogens with two attached hydrogens (primary N) is 1. The lowest BCUT2D eigenvalue weighted by Gasteiger charge is -2.42. The SMILES string of the molecule is CCOC1CC(N)C1NC(=O)Cc1ccncc1. The van der Waals surface area contributed by atoms with Crippen LogP contribution in [0, 0.1) is 0 Å². The van der Waals surface area contributed by atoms with Crippen molar-refractivity contribution >= 4 is 5.91 Å². The highest BCUT2D eigenvalue weighted by Crippen LogP contribution is 2.22. The molecule has 1 fully saturated rings. The number of ether oxygens (including phenoxy) is 1. The van der Waals surface area contributed by atoms with Gasteiger partial charge in [0.05, 0.1) is 18.6 Å². The van der Waals surface area contributed by atoms with Crippen molar-refractivity contribution in [3.05, 3.63) is 30.1 Å². The van der Waals surface area contributed by atoms with Crippen molar-refractivity contribution < 1.29 is 9.53 Å². The molecule has 3 N–H and O–H groups in total. The largest absolute Gasteiger partial charge is 0.376 e. The first-order chi connectivity index (χ1) is 8.70. The fraction of sp³-hybridized carbons (Fsp3) is 0.538. The Morgan fingerprint density at radius 3 is 2.89 bits per heavy atom. The zero-order chi connectivity index (χ0) is 13.0. The molecule has 3 unspecified atom stereocenters. The fourth-order valence-corrected chi connectivity index (χ4v) is 2.15. The molecule has 1 amide bonds. The molecule has 1 heterocycles. The summed E-state index contributed by atoms with van der Waals surface area (Å²) < 4.78 is 5.51. The van der Waals surface area contributed by atoms with Gasteiger partial charge in [-0.15, -0.1) is 0 Å². The summed E-state index contributed by atoms with van der Waals surface area (Å²) in [6.45, 7) is 2.59. The summed E-state index contributed by atoms with van der Waals surface area (Å²) in [5.74, 6) is -0.0222. The standard InChI is InChI=1S/C13H19N3O2/c1-2-18-11-8-10(14)13(11)16-12(17)7-9-3-5-15-6-4-9/h3-6,10-11,13H,2,7-8,14H2,1H3,(H,16,17). The number of pyridine rings is 1. The van der Waals surface area contributed by atoms with E-state index in [1.807, 2.05) is 19.1 Å². The Morgan fingerprint density at radius 2 is 2.28 bits per heavy atom. The highest BCUT2D eigenvalue weighted by molar-refractivity contribution is 5.79. The third kappa shape index (κ3) is 3.05. The molecule has 2 rings (SSSR count). The van der Waals surface area contributed by atoms with Gasteiger partial charge in [0.2, 0.25) is 5.91 Å². The molecule has 0 radical (unpaired) electrons. The summed E-state index contributed by atoms with van der Waals surface area (Å²) in [5.41, 5.74) is 6.83. The average Bonchev–Trinajstić information content (AvgIpc) is 2.37. The second kappa shape index (κ2) is 5.93. The summed E-state index contributed by atoms with van der Waals surface area (Å²) in [5, 5.41) is 2.94. The van der Waals surface area contributed by atoms with Crippen molar-refractivity contribution in [1.82, 2.24) is 10.3 Å². The summed E-state index contributed by atoms with van der Waals surface area (Å²) in [4.78, 5) is 15.8. The third-order valence-electron chi connectivity index (χ3n) is 3.19. The van der Waals surface area contributed by atoms with Crippen LogP contribution >= 0.6 is 0 Å². The average molecular weight is 249 g/mol. The first-order valence-electron chi connectivity index (χ1n) is 6.26. The summed E-state index contributed by atoms with van der Waals surface area (Å²) >= 11 is 0. The van der Waals surface area contributed by atoms with E-state index in [-0.39, 0.29) is 24.1 Å². The zero-order valence-corrected chi connectivity index (χ0v) is 10.5. The molecule has 0 saturated heterocycles. The van der Waals surface area contributed by atoms with Crippen molar-refractivity contribution in [2.75, 3.05) is 6.61 Å². The molecular formula is C13H19N3O2. The maximum atomic E-state index is 11.9. The van der Waals surface area contributed by atoms with Gasteiger partial charge in [-0.3, -0.25) is 9.78 Å². The van der Waals surface area contributed by atoms with E-state index >= 15 is 0 Å². The lowest BCUT2D eigenvalue weighted by atomic mass is 9.83. The molecule has 0 aromatic carbocycles. The maximum absolute atomic E-state index is 11.9. The number of hydrogen-bond donors (Lipinski definition) is 2. The molecule has 5 nitrogen and oxygen atoms in total. The quantitative estimate of drug-likeness (QED) is 0.784. The van der Waals surface area contributed by atoms with E-state index in [1.54, 1.807) is 12.4 Å². The Labute approximate surface area is 107 Å². The minimum Gasteiger partial charge on any atom is -0.376 e. The highest BCUT2D eigenvalue weighted by atomic mass is 16.5. The smallest absolute Gasteiger partial charge is 0.224 e. The van der Waals surface area contributed by atoms with Crippen molar-refractivity contribution in [3.63, 3.8) is 0 Å². The van der Waals surface area contributed by atoms with Crippen LogP contribution in [0.15, 0.2) is 24.5 Å². The third-order valence-corrected chi connectivity index (χ3v) is 3.19. The van der Waals surface area contributed by atoms with E-state index in [1.165, 1.54) is 0 Å². The van der Waals surface area contributed by atoms with Crippen LogP contribution in [0.2, 0.25) is 0 Å². The van der Waals surface area contributed by atoms with Crippen LogP contribution in [0.1, 0.15) is 18.9 Å². The first-order valence-corrected chi connectivity index (χ1v) is 6.26. The zero-order valence-electron chi connectivity index (χ0n) is 10.5. The molecule has 1 saturated carbocycles. The van der Waals surface area contributed by atoms with Crippen molar-refractivity contribution in [1.29, 1.82) is 0 Å². The Kier molecular flexibility index (Phi) is 4.28. The van der Waals surface area contributed by atoms with Gasteiger partial charge < -0.3 is 15.8 Å². The van der Waals surface area contributed by atoms with Crippen LogP contribution in [0.5, 0.6) is 0 Å². The normalized spacial score (nSPS) is 26.4. The molecule has 1 aliphatic carbocycles. The van der Waals surface area contributed by atoms with Crippen LogP contribution in [0.4, 0.5) is 0 Å². The van der Waals surface area contributed by atoms with Gasteiger partial charge >= 0.3 is 0 Å². The second-order valence-corrected chi connectivity index (χ2v) is 4.52. The monoisotopic (exact) mass is 249 g/mol. The van der Waals surface area contributed by atoms with Gasteiger partial charge in [0.1, 0.15) is 0 Å². The Balaban J connectivity index is 1.84. The Morgan fingerprint density at radius 1 is 1.56 bits per heavy atom. The highest BCUT2D eigenvalue weighted by Gasteiger charge is 2.40. The molecule has 0 aliphatic heterocycles. The molecule has 0 spiro atoms. The van der Waals surface area contributed by atoms with Gasteiger partial charge in [-0.25, -0.2) is 0 Å². The Hall–Kier alpha value is -1.46. The first kappa shape index (κ1) is 13.0. The van der Waals surface area contributed by atoms with E-state index in [4.69, 9.17) is 10.5 Å². The van der Waals surface area contributed by atoms with E-state index in [0.29, 0.717) is 13.0 Å². The molecule has 3 atom stereocenters. The Bertz CT molecular complexity index is 394. The minimum atomic E-state index is -0.0562. The van der Waals surface area contributed by atoms with Crippen LogP contribution in [-0.2, 0) is 16.0 Å². The predicted octanol–water partition coefficient (Wildman–Crippen LogP) is 0.245. The van der Waals surface area contributed by atoms with Crippen molar-refractivity contribution in [2.45, 2.75) is 38.0 Å². The number of carbonyl (C=O) groups excluding carboxylic acids is 1. The van der Waals surface area contributed by atoms with Crippen LogP contribution in [0.3, 0.4) is 0 Å². The van der Waals surface area contributed by atoms with Gasteiger partial charge in [0.25, 0.3) is 0 Å². The lowest BCUT2D eigenvalue weighted by molar-refractivity contribution is -0.125. The number of aromatic nitrogens is 1. The lowest BCUT2D eigenvalue weighted by Crippen LogP contribution is -2.64. The number of rotatable bonds is 5. The number of nitrogens with one attached hydrogen (secondary N) is 1. The van der Waals surface area contributed by atoms with Crippen LogP contribution in [0.25, 0.3) is 0 Å². The van der Waals surface area contributed by atoms with Crippen LogP contribution in [-0.4, -0.2) is 35.7 Å². The van der Waals surface area contributed by atoms with Gasteiger partial charge in [0, 0.05) is 25.0 Å². The molecular weight excluding hydrogens is 230 g/mol. The van der Waals surface area contributed by atoms with E-state index in [2.05, 4.69) is 10.3 Å². The topological polar surface area (TPSA) is 77.2 Å². The molecule has 98 valence electrons. The fourth-order valence-electron chi connectivity index (χ4n) is 2.15. The van der Waals surface area contributed by atoms with E-state index in [9.17, 15) is 4.79 Å². The van der Waals surface area contributed by atoms with Crippen molar-refractivity contribution in [2.24, 2.45) is 5.73 Å². The summed E-state index contributed by atoms with van der Waals surface area (Å²) in [7, 11) is 0. The number of nitrogens with zero attached hydrogens (tertiary/aromatic N) is 1. The van der Waals surface area contributed by atoms with E-state index < -0.39 is 0 Å². The molecule has 18 heavy (non-hydrogen) atoms. The van der Waals surface area contributed by atoms with Gasteiger partial charge in [-0.1, -0.05) is 0 Å². The predicted molar refractivity (Wildman–Crippen MR) is 67.9 cm³/mol. The summed E-state index contributed by atoms with van der Waals surface area (Å²) in [6, 6.07) is 3.61. The molecule has 1 aromatic rings. The second-order valence-electron chi connectivity index (χ2n) is 4.52. The molecule has 5 heteroatoms. The van der Waals surface area contributed by atoms with Crippen LogP contribution < -0.4 is 11.1 Å².